The van der Waals surface area contributed by atoms with Gasteiger partial charge in [0.25, 0.3) is 0 Å². The van der Waals surface area contributed by atoms with Gasteiger partial charge in [-0.1, -0.05) is 123 Å². The van der Waals surface area contributed by atoms with Gasteiger partial charge in [-0.25, -0.2) is 9.97 Å². The lowest BCUT2D eigenvalue weighted by Crippen LogP contribution is -2.43. The van der Waals surface area contributed by atoms with Gasteiger partial charge >= 0.3 is 0 Å². The average Bonchev–Trinajstić information content (AvgIpc) is 3.83. The molecule has 0 saturated heterocycles. The maximum absolute atomic E-state index is 14.4. The zero-order chi connectivity index (χ0) is 39.6. The Morgan fingerprint density at radius 2 is 0.914 bits per heavy atom. The van der Waals surface area contributed by atoms with Crippen LogP contribution >= 0.6 is 0 Å². The van der Waals surface area contributed by atoms with Crippen molar-refractivity contribution in [2.45, 2.75) is 75.3 Å². The van der Waals surface area contributed by atoms with Crippen LogP contribution in [0.2, 0.25) is 0 Å². The Hall–Kier alpha value is -6.15. The number of pyridine rings is 2. The number of Topliss-reactive ketones (excluding diaryl/α,β-unsaturated/α-hetero) is 1. The van der Waals surface area contributed by atoms with Crippen LogP contribution in [0.3, 0.4) is 0 Å². The number of carbonyl (C=O) groups excluding carboxylic acids is 1. The Bertz CT molecular complexity index is 2600. The highest BCUT2D eigenvalue weighted by molar-refractivity contribution is 5.92. The minimum absolute atomic E-state index is 0.142. The normalized spacial score (nSPS) is 16.8. The lowest BCUT2D eigenvalue weighted by Gasteiger charge is -2.38. The molecule has 2 aliphatic carbocycles. The van der Waals surface area contributed by atoms with Crippen molar-refractivity contribution >= 4 is 17.1 Å². The number of nitrogens with two attached hydrogens (primary N) is 2. The Balaban J connectivity index is 0.968. The largest absolute Gasteiger partial charge is 0.321 e. The fraction of sp³-hybridized carbons (Fsp3) is 0.235. The summed E-state index contributed by atoms with van der Waals surface area (Å²) in [6.45, 7) is 4.01. The van der Waals surface area contributed by atoms with Crippen molar-refractivity contribution in [3.63, 3.8) is 0 Å². The van der Waals surface area contributed by atoms with Crippen LogP contribution in [-0.4, -0.2) is 24.6 Å². The van der Waals surface area contributed by atoms with E-state index in [9.17, 15) is 4.79 Å². The third-order valence-corrected chi connectivity index (χ3v) is 13.2. The topological polar surface area (TPSA) is 104 Å². The van der Waals surface area contributed by atoms with Crippen molar-refractivity contribution < 1.29 is 4.79 Å². The van der Waals surface area contributed by atoms with Crippen molar-refractivity contribution in [2.24, 2.45) is 11.5 Å². The first kappa shape index (κ1) is 36.2. The van der Waals surface area contributed by atoms with Gasteiger partial charge in [-0.2, -0.15) is 0 Å². The molecule has 0 amide bonds. The van der Waals surface area contributed by atoms with E-state index in [0.29, 0.717) is 0 Å². The monoisotopic (exact) mass is 760 g/mol. The minimum Gasteiger partial charge on any atom is -0.321 e. The summed E-state index contributed by atoms with van der Waals surface area (Å²) in [4.78, 5) is 24.8. The van der Waals surface area contributed by atoms with Crippen LogP contribution in [0, 0.1) is 0 Å². The van der Waals surface area contributed by atoms with E-state index in [1.165, 1.54) is 24.0 Å². The van der Waals surface area contributed by atoms with Gasteiger partial charge in [0.15, 0.2) is 0 Å². The first-order chi connectivity index (χ1) is 28.2. The first-order valence-electron chi connectivity index (χ1n) is 20.7. The van der Waals surface area contributed by atoms with E-state index in [0.717, 1.165) is 93.1 Å². The molecule has 2 saturated carbocycles. The van der Waals surface area contributed by atoms with Gasteiger partial charge in [-0.3, -0.25) is 13.6 Å². The molecule has 0 bridgehead atoms. The summed E-state index contributed by atoms with van der Waals surface area (Å²) in [6, 6.07) is 46.3. The van der Waals surface area contributed by atoms with Crippen molar-refractivity contribution in [2.75, 3.05) is 0 Å². The molecule has 2 aliphatic rings. The van der Waals surface area contributed by atoms with Crippen LogP contribution in [0.4, 0.5) is 0 Å². The molecule has 0 spiro atoms. The molecule has 4 aromatic carbocycles. The van der Waals surface area contributed by atoms with Crippen molar-refractivity contribution in [3.8, 4) is 45.0 Å². The highest BCUT2D eigenvalue weighted by atomic mass is 16.1. The van der Waals surface area contributed by atoms with Gasteiger partial charge in [0.2, 0.25) is 0 Å². The van der Waals surface area contributed by atoms with Gasteiger partial charge in [-0.15, -0.1) is 0 Å². The molecular weight excluding hydrogens is 713 g/mol. The fourth-order valence-corrected chi connectivity index (χ4v) is 9.12. The highest BCUT2D eigenvalue weighted by Gasteiger charge is 2.35. The van der Waals surface area contributed by atoms with Crippen LogP contribution in [-0.2, 0) is 15.9 Å². The van der Waals surface area contributed by atoms with Gasteiger partial charge in [0.05, 0.1) is 22.8 Å². The molecule has 2 atom stereocenters. The molecule has 4 N–H and O–H groups in total. The Kier molecular flexibility index (Phi) is 8.77. The number of benzene rings is 4. The number of hydrogen-bond acceptors (Lipinski definition) is 5. The minimum atomic E-state index is -0.353. The zero-order valence-corrected chi connectivity index (χ0v) is 33.1. The zero-order valence-electron chi connectivity index (χ0n) is 33.1. The second-order valence-electron chi connectivity index (χ2n) is 16.7. The molecule has 4 heterocycles. The first-order valence-corrected chi connectivity index (χ1v) is 20.7. The maximum atomic E-state index is 14.4. The summed E-state index contributed by atoms with van der Waals surface area (Å²) in [5, 5.41) is 0. The molecule has 7 heteroatoms. The summed E-state index contributed by atoms with van der Waals surface area (Å²) in [5.41, 5.74) is 26.8. The summed E-state index contributed by atoms with van der Waals surface area (Å²) in [7, 11) is 0. The van der Waals surface area contributed by atoms with E-state index >= 15 is 0 Å². The summed E-state index contributed by atoms with van der Waals surface area (Å²) in [6.07, 6.45) is 10.6. The lowest BCUT2D eigenvalue weighted by molar-refractivity contribution is -0.121. The van der Waals surface area contributed by atoms with Crippen LogP contribution in [0.25, 0.3) is 56.3 Å². The number of fused-ring (bicyclic) bond motifs is 2. The van der Waals surface area contributed by atoms with E-state index in [2.05, 4.69) is 143 Å². The van der Waals surface area contributed by atoms with E-state index in [1.807, 2.05) is 26.0 Å². The van der Waals surface area contributed by atoms with Crippen molar-refractivity contribution in [1.29, 1.82) is 0 Å². The summed E-state index contributed by atoms with van der Waals surface area (Å²) < 4.78 is 4.28. The molecule has 0 radical (unpaired) electrons. The predicted octanol–water partition coefficient (Wildman–Crippen LogP) is 10.8. The van der Waals surface area contributed by atoms with E-state index in [1.54, 1.807) is 0 Å². The van der Waals surface area contributed by atoms with Crippen LogP contribution < -0.4 is 11.5 Å². The van der Waals surface area contributed by atoms with Gasteiger partial charge < -0.3 is 11.5 Å². The number of nitrogens with zero attached hydrogens (tertiary/aromatic N) is 4. The molecule has 4 aromatic heterocycles. The number of hydrogen-bond donors (Lipinski definition) is 2. The van der Waals surface area contributed by atoms with E-state index in [-0.39, 0.29) is 28.7 Å². The molecule has 0 aliphatic heterocycles. The van der Waals surface area contributed by atoms with Gasteiger partial charge in [-0.05, 0) is 85.0 Å². The van der Waals surface area contributed by atoms with Crippen LogP contribution in [0.5, 0.6) is 0 Å². The SMILES string of the molecule is CC(C(=O)C(C)c1ccn2c(-c3ccccc3)c(-c3ccc(C4(N)CCC4)cc3)nc2c1)c1ccn2c(-c3ccccc3)c(-c3ccc(C4(N)CCC4)cc3)nc2c1. The van der Waals surface area contributed by atoms with Crippen molar-refractivity contribution in [3.05, 3.63) is 168 Å². The number of carbonyl (C=O) groups is 1. The number of ketones is 1. The Labute approximate surface area is 339 Å². The quantitative estimate of drug-likeness (QED) is 0.144. The summed E-state index contributed by atoms with van der Waals surface area (Å²) >= 11 is 0. The van der Waals surface area contributed by atoms with Gasteiger partial charge in [0.1, 0.15) is 17.1 Å². The number of rotatable bonds is 10. The molecule has 58 heavy (non-hydrogen) atoms. The van der Waals surface area contributed by atoms with Gasteiger partial charge in [0, 0.05) is 57.6 Å². The van der Waals surface area contributed by atoms with Crippen LogP contribution in [0.15, 0.2) is 146 Å². The number of imidazole rings is 2. The Morgan fingerprint density at radius 3 is 1.26 bits per heavy atom. The predicted molar refractivity (Wildman–Crippen MR) is 233 cm³/mol. The second kappa shape index (κ2) is 14.0. The average molecular weight is 761 g/mol. The Morgan fingerprint density at radius 1 is 0.534 bits per heavy atom. The third-order valence-electron chi connectivity index (χ3n) is 13.2. The number of aromatic nitrogens is 4. The molecule has 8 aromatic rings. The second-order valence-corrected chi connectivity index (χ2v) is 16.7. The smallest absolute Gasteiger partial charge is 0.147 e. The maximum Gasteiger partial charge on any atom is 0.147 e. The highest BCUT2D eigenvalue weighted by Crippen LogP contribution is 2.42. The fourth-order valence-electron chi connectivity index (χ4n) is 9.12. The lowest BCUT2D eigenvalue weighted by atomic mass is 9.72. The van der Waals surface area contributed by atoms with E-state index < -0.39 is 0 Å². The standard InChI is InChI=1S/C51H48N6O/c1-33(39-23-29-56-43(31-39)54-45(47(56)37-11-5-3-6-12-37)35-15-19-41(20-16-35)50(52)25-9-26-50)49(58)34(2)40-24-30-57-44(32-40)55-46(48(57)38-13-7-4-8-14-38)36-17-21-42(22-18-36)51(53)27-10-28-51/h3-8,11-24,29-34H,9-10,25-28,52-53H2,1-2H3. The summed E-state index contributed by atoms with van der Waals surface area (Å²) in [5.74, 6) is -0.563. The van der Waals surface area contributed by atoms with E-state index in [4.69, 9.17) is 21.4 Å². The third kappa shape index (κ3) is 6.08. The molecule has 10 rings (SSSR count). The van der Waals surface area contributed by atoms with Crippen LogP contribution in [0.1, 0.15) is 86.5 Å². The molecule has 2 unspecified atom stereocenters. The molecule has 288 valence electrons. The molecule has 2 fully saturated rings. The van der Waals surface area contributed by atoms with Crippen molar-refractivity contribution in [1.82, 2.24) is 18.8 Å². The molecule has 7 nitrogen and oxygen atoms in total. The molecular formula is C51H48N6O.